The van der Waals surface area contributed by atoms with Crippen LogP contribution in [0.5, 0.6) is 11.5 Å². The molecule has 0 aliphatic carbocycles. The molecule has 1 aliphatic rings. The van der Waals surface area contributed by atoms with E-state index in [4.69, 9.17) is 21.1 Å². The molecule has 0 bridgehead atoms. The van der Waals surface area contributed by atoms with Crippen LogP contribution in [0.15, 0.2) is 6.07 Å². The van der Waals surface area contributed by atoms with E-state index in [9.17, 15) is 9.50 Å². The second kappa shape index (κ2) is 3.79. The van der Waals surface area contributed by atoms with Crippen LogP contribution < -0.4 is 9.47 Å². The van der Waals surface area contributed by atoms with Crippen molar-refractivity contribution in [3.8, 4) is 11.5 Å². The lowest BCUT2D eigenvalue weighted by Gasteiger charge is -2.27. The number of aliphatic hydroxyl groups is 1. The summed E-state index contributed by atoms with van der Waals surface area (Å²) in [5, 5.41) is 9.83. The molecule has 1 N–H and O–H groups in total. The Labute approximate surface area is 97.7 Å². The van der Waals surface area contributed by atoms with Gasteiger partial charge in [0.2, 0.25) is 0 Å². The van der Waals surface area contributed by atoms with Crippen LogP contribution in [-0.2, 0) is 5.60 Å². The van der Waals surface area contributed by atoms with Crippen LogP contribution in [-0.4, -0.2) is 18.3 Å². The highest BCUT2D eigenvalue weighted by Crippen LogP contribution is 2.43. The summed E-state index contributed by atoms with van der Waals surface area (Å²) < 4.78 is 24.5. The van der Waals surface area contributed by atoms with Crippen molar-refractivity contribution in [2.75, 3.05) is 13.2 Å². The third-order valence-corrected chi connectivity index (χ3v) is 2.61. The molecule has 88 valence electrons. The predicted octanol–water partition coefficient (Wildman–Crippen LogP) is 2.48. The molecule has 0 radical (unpaired) electrons. The van der Waals surface area contributed by atoms with Gasteiger partial charge in [-0.15, -0.1) is 0 Å². The molecule has 0 atom stereocenters. The van der Waals surface area contributed by atoms with Gasteiger partial charge in [-0.05, 0) is 13.8 Å². The quantitative estimate of drug-likeness (QED) is 0.827. The van der Waals surface area contributed by atoms with Crippen molar-refractivity contribution in [2.45, 2.75) is 19.4 Å². The zero-order valence-corrected chi connectivity index (χ0v) is 9.77. The molecule has 16 heavy (non-hydrogen) atoms. The first-order valence-corrected chi connectivity index (χ1v) is 5.29. The van der Waals surface area contributed by atoms with Crippen molar-refractivity contribution in [1.82, 2.24) is 0 Å². The molecule has 5 heteroatoms. The third-order valence-electron chi connectivity index (χ3n) is 2.34. The van der Waals surface area contributed by atoms with Gasteiger partial charge in [-0.1, -0.05) is 11.6 Å². The number of halogens is 2. The van der Waals surface area contributed by atoms with Crippen LogP contribution in [0.3, 0.4) is 0 Å². The van der Waals surface area contributed by atoms with Gasteiger partial charge in [0, 0.05) is 6.07 Å². The highest BCUT2D eigenvalue weighted by Gasteiger charge is 2.31. The summed E-state index contributed by atoms with van der Waals surface area (Å²) >= 11 is 5.74. The minimum absolute atomic E-state index is 0.0368. The van der Waals surface area contributed by atoms with Crippen molar-refractivity contribution in [3.63, 3.8) is 0 Å². The molecule has 1 aromatic carbocycles. The fourth-order valence-corrected chi connectivity index (χ4v) is 1.87. The highest BCUT2D eigenvalue weighted by molar-refractivity contribution is 6.31. The van der Waals surface area contributed by atoms with E-state index in [2.05, 4.69) is 0 Å². The van der Waals surface area contributed by atoms with Gasteiger partial charge < -0.3 is 14.6 Å². The van der Waals surface area contributed by atoms with Gasteiger partial charge >= 0.3 is 0 Å². The summed E-state index contributed by atoms with van der Waals surface area (Å²) in [6.45, 7) is 3.66. The fourth-order valence-electron chi connectivity index (χ4n) is 1.68. The lowest BCUT2D eigenvalue weighted by molar-refractivity contribution is 0.0659. The Bertz CT molecular complexity index is 426. The van der Waals surface area contributed by atoms with Crippen molar-refractivity contribution < 1.29 is 19.0 Å². The number of fused-ring (bicyclic) bond motifs is 1. The Kier molecular flexibility index (Phi) is 2.72. The molecule has 1 heterocycles. The molecule has 3 nitrogen and oxygen atoms in total. The standard InChI is InChI=1S/C11H12ClFO3/c1-11(2,14)8-9(13)6(12)5-7-10(8)16-4-3-15-7/h5,14H,3-4H2,1-2H3. The zero-order chi connectivity index (χ0) is 11.9. The summed E-state index contributed by atoms with van der Waals surface area (Å²) in [4.78, 5) is 0. The van der Waals surface area contributed by atoms with Crippen LogP contribution in [0.4, 0.5) is 4.39 Å². The van der Waals surface area contributed by atoms with Gasteiger partial charge in [-0.3, -0.25) is 0 Å². The topological polar surface area (TPSA) is 38.7 Å². The Balaban J connectivity index is 2.69. The summed E-state index contributed by atoms with van der Waals surface area (Å²) in [5.74, 6) is -0.0613. The fraction of sp³-hybridized carbons (Fsp3) is 0.455. The maximum atomic E-state index is 13.9. The number of benzene rings is 1. The van der Waals surface area contributed by atoms with Crippen molar-refractivity contribution >= 4 is 11.6 Å². The molecular weight excluding hydrogens is 235 g/mol. The Morgan fingerprint density at radius 3 is 2.62 bits per heavy atom. The molecule has 0 unspecified atom stereocenters. The minimum atomic E-state index is -1.38. The Hall–Kier alpha value is -1.00. The van der Waals surface area contributed by atoms with Crippen LogP contribution >= 0.6 is 11.6 Å². The van der Waals surface area contributed by atoms with E-state index in [0.29, 0.717) is 19.0 Å². The molecule has 0 saturated carbocycles. The Morgan fingerprint density at radius 1 is 1.38 bits per heavy atom. The molecule has 0 spiro atoms. The SMILES string of the molecule is CC(C)(O)c1c(F)c(Cl)cc2c1OCCO2. The first kappa shape index (κ1) is 11.5. The smallest absolute Gasteiger partial charge is 0.170 e. The van der Waals surface area contributed by atoms with Crippen molar-refractivity contribution in [2.24, 2.45) is 0 Å². The second-order valence-electron chi connectivity index (χ2n) is 4.13. The average molecular weight is 247 g/mol. The summed E-state index contributed by atoms with van der Waals surface area (Å²) in [6, 6.07) is 1.36. The van der Waals surface area contributed by atoms with Gasteiger partial charge in [0.15, 0.2) is 17.3 Å². The van der Waals surface area contributed by atoms with Crippen LogP contribution in [0, 0.1) is 5.82 Å². The molecule has 1 aliphatic heterocycles. The van der Waals surface area contributed by atoms with Crippen molar-refractivity contribution in [1.29, 1.82) is 0 Å². The normalized spacial score (nSPS) is 15.1. The largest absolute Gasteiger partial charge is 0.486 e. The molecule has 0 aromatic heterocycles. The number of rotatable bonds is 1. The van der Waals surface area contributed by atoms with E-state index >= 15 is 0 Å². The van der Waals surface area contributed by atoms with Gasteiger partial charge in [-0.2, -0.15) is 0 Å². The lowest BCUT2D eigenvalue weighted by Crippen LogP contribution is -2.24. The van der Waals surface area contributed by atoms with E-state index in [1.54, 1.807) is 0 Å². The molecule has 0 saturated heterocycles. The summed E-state index contributed by atoms with van der Waals surface area (Å²) in [6.07, 6.45) is 0. The molecule has 0 amide bonds. The van der Waals surface area contributed by atoms with Crippen LogP contribution in [0.25, 0.3) is 0 Å². The monoisotopic (exact) mass is 246 g/mol. The lowest BCUT2D eigenvalue weighted by atomic mass is 9.96. The highest BCUT2D eigenvalue weighted by atomic mass is 35.5. The van der Waals surface area contributed by atoms with E-state index in [0.717, 1.165) is 0 Å². The van der Waals surface area contributed by atoms with E-state index in [1.807, 2.05) is 0 Å². The van der Waals surface area contributed by atoms with Gasteiger partial charge in [0.05, 0.1) is 16.2 Å². The van der Waals surface area contributed by atoms with Crippen molar-refractivity contribution in [3.05, 3.63) is 22.5 Å². The first-order chi connectivity index (χ1) is 7.41. The first-order valence-electron chi connectivity index (χ1n) is 4.91. The van der Waals surface area contributed by atoms with E-state index in [-0.39, 0.29) is 16.3 Å². The number of hydrogen-bond donors (Lipinski definition) is 1. The minimum Gasteiger partial charge on any atom is -0.486 e. The summed E-state index contributed by atoms with van der Waals surface area (Å²) in [5.41, 5.74) is -1.34. The predicted molar refractivity (Wildman–Crippen MR) is 57.6 cm³/mol. The summed E-state index contributed by atoms with van der Waals surface area (Å²) in [7, 11) is 0. The third kappa shape index (κ3) is 1.83. The molecule has 2 rings (SSSR count). The van der Waals surface area contributed by atoms with E-state index in [1.165, 1.54) is 19.9 Å². The average Bonchev–Trinajstić information content (AvgIpc) is 2.17. The number of hydrogen-bond acceptors (Lipinski definition) is 3. The molecular formula is C11H12ClFO3. The van der Waals surface area contributed by atoms with Crippen LogP contribution in [0.1, 0.15) is 19.4 Å². The van der Waals surface area contributed by atoms with E-state index < -0.39 is 11.4 Å². The van der Waals surface area contributed by atoms with Crippen LogP contribution in [0.2, 0.25) is 5.02 Å². The second-order valence-corrected chi connectivity index (χ2v) is 4.54. The maximum Gasteiger partial charge on any atom is 0.170 e. The zero-order valence-electron chi connectivity index (χ0n) is 9.01. The van der Waals surface area contributed by atoms with Gasteiger partial charge in [-0.25, -0.2) is 4.39 Å². The van der Waals surface area contributed by atoms with Gasteiger partial charge in [0.25, 0.3) is 0 Å². The molecule has 0 fully saturated rings. The number of ether oxygens (including phenoxy) is 2. The molecule has 1 aromatic rings. The Morgan fingerprint density at radius 2 is 2.00 bits per heavy atom. The maximum absolute atomic E-state index is 13.9. The van der Waals surface area contributed by atoms with Gasteiger partial charge in [0.1, 0.15) is 13.2 Å².